The van der Waals surface area contributed by atoms with Crippen LogP contribution in [0.25, 0.3) is 0 Å². The lowest BCUT2D eigenvalue weighted by Gasteiger charge is -2.30. The van der Waals surface area contributed by atoms with E-state index in [2.05, 4.69) is 21.7 Å². The summed E-state index contributed by atoms with van der Waals surface area (Å²) in [7, 11) is 0. The van der Waals surface area contributed by atoms with Gasteiger partial charge >= 0.3 is 0 Å². The number of carbonyl (C=O) groups is 1. The summed E-state index contributed by atoms with van der Waals surface area (Å²) in [5.74, 6) is -2.33. The van der Waals surface area contributed by atoms with Gasteiger partial charge in [-0.2, -0.15) is 11.3 Å². The molecule has 3 nitrogen and oxygen atoms in total. The third kappa shape index (κ3) is 4.64. The molecular formula is C19H22F2N2OS. The highest BCUT2D eigenvalue weighted by atomic mass is 32.1. The van der Waals surface area contributed by atoms with Gasteiger partial charge in [0, 0.05) is 12.1 Å². The zero-order chi connectivity index (χ0) is 17.6. The lowest BCUT2D eigenvalue weighted by Crippen LogP contribution is -2.38. The van der Waals surface area contributed by atoms with Gasteiger partial charge in [-0.3, -0.25) is 9.69 Å². The Morgan fingerprint density at radius 2 is 1.88 bits per heavy atom. The van der Waals surface area contributed by atoms with E-state index in [1.165, 1.54) is 24.5 Å². The van der Waals surface area contributed by atoms with E-state index in [1.54, 1.807) is 11.3 Å². The Morgan fingerprint density at radius 1 is 1.12 bits per heavy atom. The van der Waals surface area contributed by atoms with E-state index >= 15 is 0 Å². The summed E-state index contributed by atoms with van der Waals surface area (Å²) >= 11 is 1.64. The van der Waals surface area contributed by atoms with Gasteiger partial charge in [0.25, 0.3) is 5.91 Å². The van der Waals surface area contributed by atoms with Gasteiger partial charge in [-0.15, -0.1) is 0 Å². The molecule has 1 aliphatic rings. The number of thiophene rings is 1. The third-order valence-corrected chi connectivity index (χ3v) is 5.35. The van der Waals surface area contributed by atoms with Crippen molar-refractivity contribution in [3.63, 3.8) is 0 Å². The fourth-order valence-corrected chi connectivity index (χ4v) is 3.97. The number of hydrogen-bond donors (Lipinski definition) is 1. The maximum absolute atomic E-state index is 13.3. The minimum absolute atomic E-state index is 0.110. The molecule has 2 aromatic rings. The van der Waals surface area contributed by atoms with Gasteiger partial charge in [-0.25, -0.2) is 8.78 Å². The lowest BCUT2D eigenvalue weighted by molar-refractivity contribution is 0.0932. The second kappa shape index (κ2) is 8.54. The zero-order valence-electron chi connectivity index (χ0n) is 14.0. The van der Waals surface area contributed by atoms with E-state index in [9.17, 15) is 13.6 Å². The SMILES string of the molecule is O=C(NC[C@@H](c1ccsc1)N1CCCCCC1)c1ccc(F)c(F)c1. The number of nitrogens with one attached hydrogen (secondary N) is 1. The van der Waals surface area contributed by atoms with Crippen molar-refractivity contribution in [2.45, 2.75) is 31.7 Å². The summed E-state index contributed by atoms with van der Waals surface area (Å²) in [5.41, 5.74) is 1.33. The Bertz CT molecular complexity index is 697. The van der Waals surface area contributed by atoms with E-state index in [-0.39, 0.29) is 17.5 Å². The molecule has 1 aliphatic heterocycles. The number of amides is 1. The van der Waals surface area contributed by atoms with Crippen LogP contribution >= 0.6 is 11.3 Å². The van der Waals surface area contributed by atoms with E-state index in [0.717, 1.165) is 38.1 Å². The van der Waals surface area contributed by atoms with Crippen molar-refractivity contribution < 1.29 is 13.6 Å². The van der Waals surface area contributed by atoms with Crippen LogP contribution in [-0.2, 0) is 0 Å². The largest absolute Gasteiger partial charge is 0.350 e. The highest BCUT2D eigenvalue weighted by molar-refractivity contribution is 7.07. The molecule has 0 radical (unpaired) electrons. The average molecular weight is 364 g/mol. The topological polar surface area (TPSA) is 32.3 Å². The van der Waals surface area contributed by atoms with Crippen molar-refractivity contribution >= 4 is 17.2 Å². The van der Waals surface area contributed by atoms with Crippen molar-refractivity contribution in [3.8, 4) is 0 Å². The lowest BCUT2D eigenvalue weighted by atomic mass is 10.1. The first-order valence-electron chi connectivity index (χ1n) is 8.64. The number of rotatable bonds is 5. The molecule has 1 fully saturated rings. The normalized spacial score (nSPS) is 17.0. The molecule has 1 amide bonds. The Morgan fingerprint density at radius 3 is 2.52 bits per heavy atom. The van der Waals surface area contributed by atoms with E-state index in [1.807, 2.05) is 5.38 Å². The first kappa shape index (κ1) is 18.0. The van der Waals surface area contributed by atoms with Crippen molar-refractivity contribution in [2.24, 2.45) is 0 Å². The van der Waals surface area contributed by atoms with Gasteiger partial charge in [0.1, 0.15) is 0 Å². The molecule has 0 bridgehead atoms. The predicted molar refractivity (Wildman–Crippen MR) is 95.8 cm³/mol. The van der Waals surface area contributed by atoms with Crippen molar-refractivity contribution in [1.82, 2.24) is 10.2 Å². The van der Waals surface area contributed by atoms with Crippen LogP contribution < -0.4 is 5.32 Å². The summed E-state index contributed by atoms with van der Waals surface area (Å²) in [6, 6.07) is 5.42. The average Bonchev–Trinajstić information content (AvgIpc) is 3.00. The molecule has 134 valence electrons. The third-order valence-electron chi connectivity index (χ3n) is 4.65. The minimum atomic E-state index is -1.01. The number of benzene rings is 1. The van der Waals surface area contributed by atoms with Gasteiger partial charge in [-0.05, 0) is 66.5 Å². The fourth-order valence-electron chi connectivity index (χ4n) is 3.26. The first-order valence-corrected chi connectivity index (χ1v) is 9.59. The van der Waals surface area contributed by atoms with Crippen molar-refractivity contribution in [3.05, 3.63) is 57.8 Å². The Kier molecular flexibility index (Phi) is 6.15. The quantitative estimate of drug-likeness (QED) is 0.854. The van der Waals surface area contributed by atoms with Crippen LogP contribution in [0.3, 0.4) is 0 Å². The van der Waals surface area contributed by atoms with Crippen molar-refractivity contribution in [2.75, 3.05) is 19.6 Å². The second-order valence-corrected chi connectivity index (χ2v) is 7.14. The zero-order valence-corrected chi connectivity index (χ0v) is 14.8. The molecule has 1 atom stereocenters. The van der Waals surface area contributed by atoms with Gasteiger partial charge in [0.2, 0.25) is 0 Å². The van der Waals surface area contributed by atoms with Crippen LogP contribution in [0.2, 0.25) is 0 Å². The smallest absolute Gasteiger partial charge is 0.251 e. The number of likely N-dealkylation sites (tertiary alicyclic amines) is 1. The Hall–Kier alpha value is -1.79. The van der Waals surface area contributed by atoms with Gasteiger partial charge in [0.05, 0.1) is 6.04 Å². The number of nitrogens with zero attached hydrogens (tertiary/aromatic N) is 1. The van der Waals surface area contributed by atoms with Crippen LogP contribution in [0.4, 0.5) is 8.78 Å². The number of carbonyl (C=O) groups excluding carboxylic acids is 1. The fraction of sp³-hybridized carbons (Fsp3) is 0.421. The van der Waals surface area contributed by atoms with Crippen molar-refractivity contribution in [1.29, 1.82) is 0 Å². The predicted octanol–water partition coefficient (Wildman–Crippen LogP) is 4.37. The molecular weight excluding hydrogens is 342 g/mol. The Labute approximate surface area is 150 Å². The van der Waals surface area contributed by atoms with Crippen LogP contribution in [-0.4, -0.2) is 30.4 Å². The molecule has 3 rings (SSSR count). The van der Waals surface area contributed by atoms with Crippen LogP contribution in [0.15, 0.2) is 35.0 Å². The summed E-state index contributed by atoms with van der Waals surface area (Å²) in [6.07, 6.45) is 4.82. The second-order valence-electron chi connectivity index (χ2n) is 6.36. The molecule has 0 unspecified atom stereocenters. The summed E-state index contributed by atoms with van der Waals surface area (Å²) < 4.78 is 26.4. The van der Waals surface area contributed by atoms with Gasteiger partial charge in [-0.1, -0.05) is 12.8 Å². The monoisotopic (exact) mass is 364 g/mol. The molecule has 25 heavy (non-hydrogen) atoms. The van der Waals surface area contributed by atoms with Crippen LogP contribution in [0.5, 0.6) is 0 Å². The molecule has 1 aromatic carbocycles. The molecule has 6 heteroatoms. The van der Waals surface area contributed by atoms with E-state index < -0.39 is 11.6 Å². The summed E-state index contributed by atoms with van der Waals surface area (Å²) in [4.78, 5) is 14.7. The maximum atomic E-state index is 13.3. The highest BCUT2D eigenvalue weighted by Crippen LogP contribution is 2.25. The Balaban J connectivity index is 1.69. The maximum Gasteiger partial charge on any atom is 0.251 e. The van der Waals surface area contributed by atoms with E-state index in [0.29, 0.717) is 6.54 Å². The number of hydrogen-bond acceptors (Lipinski definition) is 3. The van der Waals surface area contributed by atoms with Crippen LogP contribution in [0, 0.1) is 11.6 Å². The van der Waals surface area contributed by atoms with Crippen LogP contribution in [0.1, 0.15) is 47.6 Å². The summed E-state index contributed by atoms with van der Waals surface area (Å²) in [6.45, 7) is 2.48. The number of halogens is 2. The van der Waals surface area contributed by atoms with E-state index in [4.69, 9.17) is 0 Å². The summed E-state index contributed by atoms with van der Waals surface area (Å²) in [5, 5.41) is 7.04. The molecule has 0 spiro atoms. The minimum Gasteiger partial charge on any atom is -0.350 e. The molecule has 2 heterocycles. The molecule has 1 aromatic heterocycles. The molecule has 0 saturated carbocycles. The highest BCUT2D eigenvalue weighted by Gasteiger charge is 2.23. The first-order chi connectivity index (χ1) is 12.1. The molecule has 1 saturated heterocycles. The molecule has 1 N–H and O–H groups in total. The van der Waals surface area contributed by atoms with Gasteiger partial charge < -0.3 is 5.32 Å². The molecule has 0 aliphatic carbocycles. The standard InChI is InChI=1S/C19H22F2N2OS/c20-16-6-5-14(11-17(16)21)19(24)22-12-18(15-7-10-25-13-15)23-8-3-1-2-4-9-23/h5-7,10-11,13,18H,1-4,8-9,12H2,(H,22,24)/t18-/m0/s1. The van der Waals surface area contributed by atoms with Gasteiger partial charge in [0.15, 0.2) is 11.6 Å².